The molecule has 4 atom stereocenters. The van der Waals surface area contributed by atoms with Crippen LogP contribution in [0.3, 0.4) is 0 Å². The molecule has 1 aromatic rings. The second-order valence-electron chi connectivity index (χ2n) is 13.0. The van der Waals surface area contributed by atoms with Gasteiger partial charge < -0.3 is 20.2 Å². The van der Waals surface area contributed by atoms with Gasteiger partial charge in [-0.2, -0.15) is 0 Å². The summed E-state index contributed by atoms with van der Waals surface area (Å²) >= 11 is 0. The van der Waals surface area contributed by atoms with Crippen molar-refractivity contribution < 1.29 is 19.5 Å². The van der Waals surface area contributed by atoms with Gasteiger partial charge in [0.25, 0.3) is 0 Å². The van der Waals surface area contributed by atoms with Crippen molar-refractivity contribution in [2.24, 2.45) is 17.8 Å². The number of benzene rings is 1. The van der Waals surface area contributed by atoms with E-state index in [1.54, 1.807) is 4.90 Å². The van der Waals surface area contributed by atoms with Crippen LogP contribution in [0, 0.1) is 17.8 Å². The van der Waals surface area contributed by atoms with Crippen molar-refractivity contribution in [3.8, 4) is 0 Å². The van der Waals surface area contributed by atoms with Crippen LogP contribution in [0.25, 0.3) is 0 Å². The van der Waals surface area contributed by atoms with Crippen LogP contribution in [0.5, 0.6) is 0 Å². The van der Waals surface area contributed by atoms with Crippen molar-refractivity contribution in [1.82, 2.24) is 15.1 Å². The summed E-state index contributed by atoms with van der Waals surface area (Å²) in [6, 6.07) is 9.27. The predicted molar refractivity (Wildman–Crippen MR) is 153 cm³/mol. The van der Waals surface area contributed by atoms with Crippen LogP contribution in [0.1, 0.15) is 103 Å². The molecular weight excluding hydrogens is 490 g/mol. The maximum Gasteiger partial charge on any atom is 0.228 e. The fourth-order valence-electron chi connectivity index (χ4n) is 6.56. The number of aliphatic hydroxyl groups excluding tert-OH is 1. The molecule has 4 rings (SSSR count). The molecule has 7 nitrogen and oxygen atoms in total. The van der Waals surface area contributed by atoms with Gasteiger partial charge in [0.1, 0.15) is 0 Å². The van der Waals surface area contributed by atoms with Gasteiger partial charge in [-0.15, -0.1) is 0 Å². The number of likely N-dealkylation sites (tertiary alicyclic amines) is 1. The Bertz CT molecular complexity index is 986. The third-order valence-electron chi connectivity index (χ3n) is 9.50. The van der Waals surface area contributed by atoms with E-state index in [2.05, 4.69) is 5.32 Å². The van der Waals surface area contributed by atoms with Crippen LogP contribution in [0.15, 0.2) is 30.3 Å². The topological polar surface area (TPSA) is 89.9 Å². The molecule has 1 aliphatic heterocycles. The molecule has 216 valence electrons. The molecule has 2 N–H and O–H groups in total. The van der Waals surface area contributed by atoms with E-state index in [0.717, 1.165) is 37.7 Å². The lowest BCUT2D eigenvalue weighted by Gasteiger charge is -2.39. The summed E-state index contributed by atoms with van der Waals surface area (Å²) in [4.78, 5) is 43.4. The first-order valence-electron chi connectivity index (χ1n) is 15.2. The number of hydrogen-bond acceptors (Lipinski definition) is 4. The molecule has 2 aliphatic carbocycles. The Kier molecular flexibility index (Phi) is 9.73. The molecule has 0 radical (unpaired) electrons. The summed E-state index contributed by atoms with van der Waals surface area (Å²) in [7, 11) is 1.81. The summed E-state index contributed by atoms with van der Waals surface area (Å²) in [6.45, 7) is 6.63. The van der Waals surface area contributed by atoms with Gasteiger partial charge in [-0.3, -0.25) is 14.4 Å². The molecule has 3 aliphatic rings. The number of carbonyl (C=O) groups is 3. The number of hydrogen-bond donors (Lipinski definition) is 2. The highest BCUT2D eigenvalue weighted by molar-refractivity contribution is 5.85. The summed E-state index contributed by atoms with van der Waals surface area (Å²) < 4.78 is 0. The summed E-state index contributed by atoms with van der Waals surface area (Å²) in [5.74, 6) is 0.120. The van der Waals surface area contributed by atoms with Crippen LogP contribution < -0.4 is 5.32 Å². The maximum absolute atomic E-state index is 13.8. The van der Waals surface area contributed by atoms with E-state index in [-0.39, 0.29) is 42.1 Å². The molecule has 7 heteroatoms. The van der Waals surface area contributed by atoms with Crippen molar-refractivity contribution in [1.29, 1.82) is 0 Å². The van der Waals surface area contributed by atoms with Crippen LogP contribution in [0.4, 0.5) is 0 Å². The number of amides is 3. The van der Waals surface area contributed by atoms with Gasteiger partial charge in [0.2, 0.25) is 17.7 Å². The average Bonchev–Trinajstić information content (AvgIpc) is 3.73. The third kappa shape index (κ3) is 7.62. The molecule has 2 saturated carbocycles. The Hall–Kier alpha value is -2.41. The molecule has 39 heavy (non-hydrogen) atoms. The van der Waals surface area contributed by atoms with E-state index in [4.69, 9.17) is 0 Å². The maximum atomic E-state index is 13.8. The van der Waals surface area contributed by atoms with Gasteiger partial charge in [-0.1, -0.05) is 62.4 Å². The summed E-state index contributed by atoms with van der Waals surface area (Å²) in [5, 5.41) is 14.8. The van der Waals surface area contributed by atoms with Crippen LogP contribution >= 0.6 is 0 Å². The number of carbonyl (C=O) groups excluding carboxylic acids is 3. The zero-order valence-corrected chi connectivity index (χ0v) is 24.4. The minimum atomic E-state index is -0.904. The van der Waals surface area contributed by atoms with Crippen molar-refractivity contribution in [3.63, 3.8) is 0 Å². The average molecular weight is 540 g/mol. The highest BCUT2D eigenvalue weighted by Gasteiger charge is 2.49. The monoisotopic (exact) mass is 539 g/mol. The summed E-state index contributed by atoms with van der Waals surface area (Å²) in [6.07, 6.45) is 8.62. The van der Waals surface area contributed by atoms with E-state index >= 15 is 0 Å². The molecule has 3 fully saturated rings. The standard InChI is InChI=1S/C32H49N3O4/c1-22(25-13-9-6-10-14-25)33-28(36)17-18-29(37)35(21-24-15-16-24)27(19-23-11-7-5-8-12-23)30(38)26-20-32(2,3)34(4)31(26)39/h6,9-10,13-14,22-24,26-27,30,38H,5,7-8,11-12,15-21H2,1-4H3,(H,33,36)/t22-,26-,27-,30-/m0/s1. The molecule has 0 spiro atoms. The first-order chi connectivity index (χ1) is 18.6. The Labute approximate surface area is 234 Å². The van der Waals surface area contributed by atoms with E-state index in [1.807, 2.05) is 63.1 Å². The number of aliphatic hydroxyl groups is 1. The smallest absolute Gasteiger partial charge is 0.228 e. The van der Waals surface area contributed by atoms with E-state index in [0.29, 0.717) is 24.8 Å². The number of rotatable bonds is 12. The zero-order chi connectivity index (χ0) is 28.2. The second-order valence-corrected chi connectivity index (χ2v) is 13.0. The summed E-state index contributed by atoms with van der Waals surface area (Å²) in [5.41, 5.74) is 0.703. The Morgan fingerprint density at radius 3 is 2.31 bits per heavy atom. The van der Waals surface area contributed by atoms with Gasteiger partial charge >= 0.3 is 0 Å². The fraction of sp³-hybridized carbons (Fsp3) is 0.719. The molecule has 1 saturated heterocycles. The molecule has 0 bridgehead atoms. The van der Waals surface area contributed by atoms with E-state index in [1.165, 1.54) is 19.3 Å². The first kappa shape index (κ1) is 29.6. The lowest BCUT2D eigenvalue weighted by molar-refractivity contribution is -0.144. The predicted octanol–water partition coefficient (Wildman–Crippen LogP) is 4.84. The molecule has 1 heterocycles. The van der Waals surface area contributed by atoms with Gasteiger partial charge in [-0.25, -0.2) is 0 Å². The van der Waals surface area contributed by atoms with Crippen molar-refractivity contribution in [3.05, 3.63) is 35.9 Å². The SMILES string of the molecule is C[C@H](NC(=O)CCC(=O)N(CC1CC1)[C@@H](CC1CCCCC1)[C@@H](O)[C@@H]1CC(C)(C)N(C)C1=O)c1ccccc1. The van der Waals surface area contributed by atoms with Gasteiger partial charge in [0, 0.05) is 32.0 Å². The Balaban J connectivity index is 1.47. The highest BCUT2D eigenvalue weighted by Crippen LogP contribution is 2.39. The Morgan fingerprint density at radius 2 is 1.72 bits per heavy atom. The molecule has 0 aromatic heterocycles. The van der Waals surface area contributed by atoms with E-state index < -0.39 is 18.1 Å². The second kappa shape index (κ2) is 12.8. The third-order valence-corrected chi connectivity index (χ3v) is 9.50. The minimum absolute atomic E-state index is 0.0331. The van der Waals surface area contributed by atoms with Gasteiger partial charge in [-0.05, 0) is 63.9 Å². The lowest BCUT2D eigenvalue weighted by atomic mass is 9.80. The molecule has 1 aromatic carbocycles. The van der Waals surface area contributed by atoms with Gasteiger partial charge in [0.15, 0.2) is 0 Å². The fourth-order valence-corrected chi connectivity index (χ4v) is 6.56. The van der Waals surface area contributed by atoms with Crippen LogP contribution in [-0.2, 0) is 14.4 Å². The molecular formula is C32H49N3O4. The van der Waals surface area contributed by atoms with Crippen LogP contribution in [0.2, 0.25) is 0 Å². The van der Waals surface area contributed by atoms with Crippen molar-refractivity contribution in [2.75, 3.05) is 13.6 Å². The first-order valence-corrected chi connectivity index (χ1v) is 15.2. The lowest BCUT2D eigenvalue weighted by Crippen LogP contribution is -2.52. The van der Waals surface area contributed by atoms with Crippen molar-refractivity contribution in [2.45, 2.75) is 115 Å². The molecule has 3 amide bonds. The molecule has 0 unspecified atom stereocenters. The zero-order valence-electron chi connectivity index (χ0n) is 24.4. The van der Waals surface area contributed by atoms with Gasteiger partial charge in [0.05, 0.1) is 24.1 Å². The number of nitrogens with zero attached hydrogens (tertiary/aromatic N) is 2. The normalized spacial score (nSPS) is 23.8. The van der Waals surface area contributed by atoms with E-state index in [9.17, 15) is 19.5 Å². The van der Waals surface area contributed by atoms with Crippen LogP contribution in [-0.4, -0.2) is 63.9 Å². The van der Waals surface area contributed by atoms with Crippen molar-refractivity contribution >= 4 is 17.7 Å². The minimum Gasteiger partial charge on any atom is -0.390 e. The quantitative estimate of drug-likeness (QED) is 0.398. The largest absolute Gasteiger partial charge is 0.390 e. The Morgan fingerprint density at radius 1 is 1.05 bits per heavy atom. The number of nitrogens with one attached hydrogen (secondary N) is 1. The highest BCUT2D eigenvalue weighted by atomic mass is 16.3.